The lowest BCUT2D eigenvalue weighted by atomic mass is 10.1. The largest absolute Gasteiger partial charge is 0.383 e. The average Bonchev–Trinajstić information content (AvgIpc) is 2.43. The maximum absolute atomic E-state index is 11.3. The highest BCUT2D eigenvalue weighted by atomic mass is 32.2. The van der Waals surface area contributed by atoms with Gasteiger partial charge in [-0.05, 0) is 31.5 Å². The summed E-state index contributed by atoms with van der Waals surface area (Å²) in [7, 11) is 1.70. The molecule has 0 spiro atoms. The van der Waals surface area contributed by atoms with Gasteiger partial charge in [0.1, 0.15) is 5.69 Å². The third kappa shape index (κ3) is 3.76. The van der Waals surface area contributed by atoms with E-state index in [1.165, 1.54) is 28.5 Å². The Balaban J connectivity index is 2.25. The van der Waals surface area contributed by atoms with Gasteiger partial charge in [0.15, 0.2) is 0 Å². The van der Waals surface area contributed by atoms with Gasteiger partial charge in [0.2, 0.25) is 0 Å². The number of para-hydroxylation sites is 1. The number of aryl methyl sites for hydroxylation is 2. The summed E-state index contributed by atoms with van der Waals surface area (Å²) in [5.41, 5.74) is 4.30. The summed E-state index contributed by atoms with van der Waals surface area (Å²) in [5.74, 6) is 0.719. The van der Waals surface area contributed by atoms with Crippen LogP contribution >= 0.6 is 11.8 Å². The highest BCUT2D eigenvalue weighted by Gasteiger charge is 2.19. The van der Waals surface area contributed by atoms with E-state index in [-0.39, 0.29) is 10.6 Å². The van der Waals surface area contributed by atoms with E-state index in [2.05, 4.69) is 37.4 Å². The molecule has 4 nitrogen and oxygen atoms in total. The van der Waals surface area contributed by atoms with Crippen molar-refractivity contribution in [3.05, 3.63) is 63.2 Å². The van der Waals surface area contributed by atoms with Crippen LogP contribution in [0.15, 0.2) is 41.3 Å². The van der Waals surface area contributed by atoms with Crippen LogP contribution in [0.5, 0.6) is 0 Å². The summed E-state index contributed by atoms with van der Waals surface area (Å²) in [6, 6.07) is 11.7. The lowest BCUT2D eigenvalue weighted by Gasteiger charge is -2.08. The van der Waals surface area contributed by atoms with E-state index in [0.29, 0.717) is 10.6 Å². The van der Waals surface area contributed by atoms with Gasteiger partial charge >= 0.3 is 5.69 Å². The summed E-state index contributed by atoms with van der Waals surface area (Å²) >= 11 is 1.49. The first-order valence-electron chi connectivity index (χ1n) is 6.66. The Hall–Kier alpha value is -2.01. The van der Waals surface area contributed by atoms with Gasteiger partial charge in [-0.2, -0.15) is 0 Å². The summed E-state index contributed by atoms with van der Waals surface area (Å²) in [5, 5.41) is 14.2. The van der Waals surface area contributed by atoms with Crippen LogP contribution in [-0.2, 0) is 5.75 Å². The number of nitrogens with zero attached hydrogens (tertiary/aromatic N) is 1. The Kier molecular flexibility index (Phi) is 4.85. The van der Waals surface area contributed by atoms with Gasteiger partial charge in [0, 0.05) is 12.8 Å². The molecule has 1 N–H and O–H groups in total. The summed E-state index contributed by atoms with van der Waals surface area (Å²) in [6.45, 7) is 4.12. The van der Waals surface area contributed by atoms with Crippen molar-refractivity contribution < 1.29 is 4.92 Å². The predicted octanol–water partition coefficient (Wildman–Crippen LogP) is 4.55. The van der Waals surface area contributed by atoms with Crippen molar-refractivity contribution in [1.82, 2.24) is 0 Å². The highest BCUT2D eigenvalue weighted by Crippen LogP contribution is 2.36. The van der Waals surface area contributed by atoms with Crippen LogP contribution < -0.4 is 5.32 Å². The minimum atomic E-state index is -0.324. The summed E-state index contributed by atoms with van der Waals surface area (Å²) in [4.78, 5) is 11.6. The standard InChI is InChI=1S/C16H18N2O2S/c1-11-7-12(2)9-13(8-11)10-21-15-6-4-5-14(17-3)16(15)18(19)20/h4-9,17H,10H2,1-3H3. The quantitative estimate of drug-likeness (QED) is 0.500. The average molecular weight is 302 g/mol. The van der Waals surface area contributed by atoms with Crippen LogP contribution in [0.25, 0.3) is 0 Å². The molecule has 0 unspecified atom stereocenters. The SMILES string of the molecule is CNc1cccc(SCc2cc(C)cc(C)c2)c1[N+](=O)[O-]. The van der Waals surface area contributed by atoms with Crippen LogP contribution in [0.4, 0.5) is 11.4 Å². The lowest BCUT2D eigenvalue weighted by Crippen LogP contribution is -1.98. The van der Waals surface area contributed by atoms with Crippen molar-refractivity contribution in [2.75, 3.05) is 12.4 Å². The Morgan fingerprint density at radius 1 is 1.19 bits per heavy atom. The second kappa shape index (κ2) is 6.63. The molecule has 0 bridgehead atoms. The maximum Gasteiger partial charge on any atom is 0.305 e. The van der Waals surface area contributed by atoms with E-state index in [1.54, 1.807) is 19.2 Å². The Bertz CT molecular complexity index is 651. The number of thioether (sulfide) groups is 1. The molecule has 0 aliphatic carbocycles. The fourth-order valence-corrected chi connectivity index (χ4v) is 3.33. The number of hydrogen-bond acceptors (Lipinski definition) is 4. The van der Waals surface area contributed by atoms with Gasteiger partial charge in [-0.25, -0.2) is 0 Å². The molecule has 2 aromatic carbocycles. The summed E-state index contributed by atoms with van der Waals surface area (Å²) in [6.07, 6.45) is 0. The Labute approximate surface area is 128 Å². The molecule has 0 fully saturated rings. The number of benzene rings is 2. The molecule has 0 aliphatic heterocycles. The van der Waals surface area contributed by atoms with E-state index < -0.39 is 0 Å². The Morgan fingerprint density at radius 3 is 2.43 bits per heavy atom. The predicted molar refractivity (Wildman–Crippen MR) is 88.1 cm³/mol. The highest BCUT2D eigenvalue weighted by molar-refractivity contribution is 7.98. The van der Waals surface area contributed by atoms with Crippen LogP contribution in [0.1, 0.15) is 16.7 Å². The smallest absolute Gasteiger partial charge is 0.305 e. The van der Waals surface area contributed by atoms with E-state index >= 15 is 0 Å². The molecule has 0 amide bonds. The number of nitro groups is 1. The maximum atomic E-state index is 11.3. The van der Waals surface area contributed by atoms with Crippen molar-refractivity contribution in [2.45, 2.75) is 24.5 Å². The zero-order chi connectivity index (χ0) is 15.4. The van der Waals surface area contributed by atoms with Crippen LogP contribution in [-0.4, -0.2) is 12.0 Å². The molecule has 5 heteroatoms. The van der Waals surface area contributed by atoms with Crippen molar-refractivity contribution in [3.63, 3.8) is 0 Å². The van der Waals surface area contributed by atoms with E-state index in [4.69, 9.17) is 0 Å². The minimum Gasteiger partial charge on any atom is -0.383 e. The number of rotatable bonds is 5. The monoisotopic (exact) mass is 302 g/mol. The van der Waals surface area contributed by atoms with Gasteiger partial charge in [-0.3, -0.25) is 10.1 Å². The first-order valence-corrected chi connectivity index (χ1v) is 7.65. The molecule has 0 saturated heterocycles. The fraction of sp³-hybridized carbons (Fsp3) is 0.250. The van der Waals surface area contributed by atoms with E-state index in [9.17, 15) is 10.1 Å². The van der Waals surface area contributed by atoms with Crippen molar-refractivity contribution in [1.29, 1.82) is 0 Å². The van der Waals surface area contributed by atoms with Gasteiger partial charge < -0.3 is 5.32 Å². The van der Waals surface area contributed by atoms with Crippen molar-refractivity contribution in [2.24, 2.45) is 0 Å². The second-order valence-electron chi connectivity index (χ2n) is 4.94. The molecule has 21 heavy (non-hydrogen) atoms. The van der Waals surface area contributed by atoms with Gasteiger partial charge in [0.25, 0.3) is 0 Å². The topological polar surface area (TPSA) is 55.2 Å². The first kappa shape index (κ1) is 15.4. The number of nitro benzene ring substituents is 1. The second-order valence-corrected chi connectivity index (χ2v) is 5.96. The van der Waals surface area contributed by atoms with Crippen molar-refractivity contribution in [3.8, 4) is 0 Å². The molecular formula is C16H18N2O2S. The number of nitrogens with one attached hydrogen (secondary N) is 1. The van der Waals surface area contributed by atoms with Crippen LogP contribution in [0.3, 0.4) is 0 Å². The molecule has 0 heterocycles. The van der Waals surface area contributed by atoms with Gasteiger partial charge in [-0.1, -0.05) is 35.4 Å². The molecule has 2 rings (SSSR count). The molecule has 0 aliphatic rings. The van der Waals surface area contributed by atoms with Gasteiger partial charge in [0.05, 0.1) is 9.82 Å². The molecule has 0 radical (unpaired) electrons. The molecule has 0 aromatic heterocycles. The molecular weight excluding hydrogens is 284 g/mol. The zero-order valence-corrected chi connectivity index (χ0v) is 13.2. The zero-order valence-electron chi connectivity index (χ0n) is 12.3. The normalized spacial score (nSPS) is 10.4. The third-order valence-electron chi connectivity index (χ3n) is 3.13. The van der Waals surface area contributed by atoms with E-state index in [1.807, 2.05) is 6.07 Å². The summed E-state index contributed by atoms with van der Waals surface area (Å²) < 4.78 is 0. The molecule has 110 valence electrons. The number of hydrogen-bond donors (Lipinski definition) is 1. The fourth-order valence-electron chi connectivity index (χ4n) is 2.34. The van der Waals surface area contributed by atoms with Crippen molar-refractivity contribution >= 4 is 23.1 Å². The third-order valence-corrected chi connectivity index (χ3v) is 4.24. The molecule has 0 atom stereocenters. The van der Waals surface area contributed by atoms with Crippen LogP contribution in [0, 0.1) is 24.0 Å². The Morgan fingerprint density at radius 2 is 1.86 bits per heavy atom. The van der Waals surface area contributed by atoms with Gasteiger partial charge in [-0.15, -0.1) is 11.8 Å². The number of anilines is 1. The van der Waals surface area contributed by atoms with Crippen LogP contribution in [0.2, 0.25) is 0 Å². The first-order chi connectivity index (χ1) is 10.0. The lowest BCUT2D eigenvalue weighted by molar-refractivity contribution is -0.386. The molecule has 2 aromatic rings. The van der Waals surface area contributed by atoms with E-state index in [0.717, 1.165) is 5.75 Å². The molecule has 0 saturated carbocycles. The minimum absolute atomic E-state index is 0.148.